The summed E-state index contributed by atoms with van der Waals surface area (Å²) in [4.78, 5) is 26.0. The van der Waals surface area contributed by atoms with Crippen LogP contribution in [0.1, 0.15) is 27.2 Å². The summed E-state index contributed by atoms with van der Waals surface area (Å²) in [5, 5.41) is 5.38. The lowest BCUT2D eigenvalue weighted by molar-refractivity contribution is -0.274. The van der Waals surface area contributed by atoms with Crippen LogP contribution < -0.4 is 15.4 Å². The summed E-state index contributed by atoms with van der Waals surface area (Å²) in [5.41, 5.74) is -0.269. The highest BCUT2D eigenvalue weighted by molar-refractivity contribution is 5.89. The Morgan fingerprint density at radius 3 is 2.36 bits per heavy atom. The average Bonchev–Trinajstić information content (AvgIpc) is 3.11. The van der Waals surface area contributed by atoms with Gasteiger partial charge in [0.25, 0.3) is 0 Å². The molecule has 2 saturated heterocycles. The van der Waals surface area contributed by atoms with Gasteiger partial charge >= 0.3 is 18.5 Å². The minimum atomic E-state index is -4.77. The average molecular weight is 401 g/mol. The van der Waals surface area contributed by atoms with Crippen molar-refractivity contribution in [3.8, 4) is 5.75 Å². The number of anilines is 1. The van der Waals surface area contributed by atoms with Crippen molar-refractivity contribution in [1.29, 1.82) is 0 Å². The zero-order valence-electron chi connectivity index (χ0n) is 15.7. The van der Waals surface area contributed by atoms with Crippen molar-refractivity contribution in [3.63, 3.8) is 0 Å². The van der Waals surface area contributed by atoms with E-state index in [1.807, 2.05) is 0 Å². The zero-order chi connectivity index (χ0) is 20.7. The number of hydrogen-bond acceptors (Lipinski definition) is 4. The van der Waals surface area contributed by atoms with Gasteiger partial charge in [0.2, 0.25) is 0 Å². The van der Waals surface area contributed by atoms with Crippen LogP contribution in [-0.4, -0.2) is 47.6 Å². The Kier molecular flexibility index (Phi) is 5.07. The Hall–Kier alpha value is -2.65. The monoisotopic (exact) mass is 401 g/mol. The molecule has 0 radical (unpaired) electrons. The van der Waals surface area contributed by atoms with Crippen molar-refractivity contribution in [2.75, 3.05) is 11.9 Å². The molecule has 1 saturated carbocycles. The molecule has 2 N–H and O–H groups in total. The molecule has 28 heavy (non-hydrogen) atoms. The van der Waals surface area contributed by atoms with E-state index in [4.69, 9.17) is 4.74 Å². The number of nitrogens with one attached hydrogen (secondary N) is 2. The second kappa shape index (κ2) is 7.06. The molecule has 3 fully saturated rings. The maximum absolute atomic E-state index is 12.2. The van der Waals surface area contributed by atoms with Crippen molar-refractivity contribution < 1.29 is 32.2 Å². The molecule has 7 nitrogen and oxygen atoms in total. The predicted octanol–water partition coefficient (Wildman–Crippen LogP) is 3.71. The molecule has 1 aromatic carbocycles. The van der Waals surface area contributed by atoms with Gasteiger partial charge in [-0.1, -0.05) is 0 Å². The molecular weight excluding hydrogens is 379 g/mol. The molecule has 4 rings (SSSR count). The van der Waals surface area contributed by atoms with Gasteiger partial charge in [-0.15, -0.1) is 13.2 Å². The van der Waals surface area contributed by atoms with Gasteiger partial charge in [-0.2, -0.15) is 0 Å². The summed E-state index contributed by atoms with van der Waals surface area (Å²) in [5.74, 6) is -0.214. The summed E-state index contributed by atoms with van der Waals surface area (Å²) < 4.78 is 45.6. The van der Waals surface area contributed by atoms with Crippen LogP contribution in [-0.2, 0) is 4.74 Å². The lowest BCUT2D eigenvalue weighted by Crippen LogP contribution is -2.56. The summed E-state index contributed by atoms with van der Waals surface area (Å²) in [6.45, 7) is 5.90. The number of hydrogen-bond donors (Lipinski definition) is 2. The first kappa shape index (κ1) is 20.1. The van der Waals surface area contributed by atoms with E-state index < -0.39 is 24.1 Å². The van der Waals surface area contributed by atoms with Crippen LogP contribution >= 0.6 is 0 Å². The third-order valence-electron chi connectivity index (χ3n) is 4.57. The number of benzene rings is 1. The van der Waals surface area contributed by atoms with Gasteiger partial charge in [0.1, 0.15) is 11.4 Å². The van der Waals surface area contributed by atoms with E-state index in [1.165, 1.54) is 12.1 Å². The van der Waals surface area contributed by atoms with E-state index >= 15 is 0 Å². The lowest BCUT2D eigenvalue weighted by atomic mass is 9.80. The molecule has 2 aliphatic heterocycles. The topological polar surface area (TPSA) is 79.9 Å². The number of nitrogens with zero attached hydrogens (tertiary/aromatic N) is 1. The first-order chi connectivity index (χ1) is 12.9. The van der Waals surface area contributed by atoms with Crippen molar-refractivity contribution in [2.45, 2.75) is 51.2 Å². The minimum Gasteiger partial charge on any atom is -0.444 e. The Balaban J connectivity index is 1.50. The number of halogens is 3. The largest absolute Gasteiger partial charge is 0.573 e. The quantitative estimate of drug-likeness (QED) is 0.809. The highest BCUT2D eigenvalue weighted by Crippen LogP contribution is 2.41. The highest BCUT2D eigenvalue weighted by Gasteiger charge is 2.55. The van der Waals surface area contributed by atoms with Crippen LogP contribution in [0.2, 0.25) is 0 Å². The van der Waals surface area contributed by atoms with Gasteiger partial charge in [0, 0.05) is 18.2 Å². The van der Waals surface area contributed by atoms with E-state index in [1.54, 1.807) is 25.7 Å². The fourth-order valence-corrected chi connectivity index (χ4v) is 3.42. The Morgan fingerprint density at radius 2 is 1.79 bits per heavy atom. The number of ether oxygens (including phenoxy) is 2. The van der Waals surface area contributed by atoms with Gasteiger partial charge in [-0.05, 0) is 51.5 Å². The van der Waals surface area contributed by atoms with Crippen LogP contribution in [0.25, 0.3) is 0 Å². The first-order valence-electron chi connectivity index (χ1n) is 8.84. The molecule has 1 aliphatic carbocycles. The van der Waals surface area contributed by atoms with Gasteiger partial charge in [-0.25, -0.2) is 9.59 Å². The van der Waals surface area contributed by atoms with Crippen LogP contribution in [0.4, 0.5) is 28.4 Å². The number of fused-ring (bicyclic) bond motifs is 1. The molecule has 0 aromatic heterocycles. The maximum Gasteiger partial charge on any atom is 0.573 e. The predicted molar refractivity (Wildman–Crippen MR) is 93.9 cm³/mol. The van der Waals surface area contributed by atoms with Crippen molar-refractivity contribution in [2.24, 2.45) is 5.92 Å². The molecule has 1 aromatic rings. The first-order valence-corrected chi connectivity index (χ1v) is 8.84. The second-order valence-electron chi connectivity index (χ2n) is 7.89. The molecule has 154 valence electrons. The van der Waals surface area contributed by atoms with E-state index in [2.05, 4.69) is 15.4 Å². The van der Waals surface area contributed by atoms with Crippen molar-refractivity contribution in [1.82, 2.24) is 10.2 Å². The molecule has 3 atom stereocenters. The standard InChI is InChI=1S/C18H22F3N3O4/c1-17(2,3)28-16(26)24-9-10-8-13(24)14(10)23-15(25)22-11-4-6-12(7-5-11)27-18(19,20)21/h4-7,10,13-14H,8-9H2,1-3H3,(H2,22,23,25)/t10-,13-,14?/m1/s1. The normalized spacial score (nSPS) is 23.6. The molecule has 1 unspecified atom stereocenters. The van der Waals surface area contributed by atoms with Crippen LogP contribution in [0.5, 0.6) is 5.75 Å². The lowest BCUT2D eigenvalue weighted by Gasteiger charge is -2.37. The van der Waals surface area contributed by atoms with Crippen LogP contribution in [0.15, 0.2) is 24.3 Å². The molecule has 3 aliphatic rings. The van der Waals surface area contributed by atoms with Gasteiger partial charge in [0.15, 0.2) is 0 Å². The Bertz CT molecular complexity index is 746. The smallest absolute Gasteiger partial charge is 0.444 e. The van der Waals surface area contributed by atoms with Crippen molar-refractivity contribution >= 4 is 17.8 Å². The number of carbonyl (C=O) groups is 2. The minimum absolute atomic E-state index is 0.117. The summed E-state index contributed by atoms with van der Waals surface area (Å²) in [7, 11) is 0. The van der Waals surface area contributed by atoms with Crippen LogP contribution in [0, 0.1) is 5.92 Å². The fraction of sp³-hybridized carbons (Fsp3) is 0.556. The van der Waals surface area contributed by atoms with Gasteiger partial charge in [0.05, 0.1) is 12.1 Å². The number of amides is 3. The van der Waals surface area contributed by atoms with Gasteiger partial charge < -0.3 is 25.0 Å². The third kappa shape index (κ3) is 4.79. The van der Waals surface area contributed by atoms with Gasteiger partial charge in [-0.3, -0.25) is 0 Å². The Labute approximate surface area is 160 Å². The molecule has 10 heteroatoms. The summed E-state index contributed by atoms with van der Waals surface area (Å²) in [6, 6.07) is 4.05. The van der Waals surface area contributed by atoms with E-state index in [9.17, 15) is 22.8 Å². The third-order valence-corrected chi connectivity index (χ3v) is 4.57. The van der Waals surface area contributed by atoms with E-state index in [0.29, 0.717) is 12.2 Å². The summed E-state index contributed by atoms with van der Waals surface area (Å²) >= 11 is 0. The number of alkyl halides is 3. The molecule has 0 spiro atoms. The molecule has 2 heterocycles. The molecule has 2 bridgehead atoms. The summed E-state index contributed by atoms with van der Waals surface area (Å²) in [6.07, 6.45) is -4.37. The molecule has 3 amide bonds. The number of carbonyl (C=O) groups excluding carboxylic acids is 2. The fourth-order valence-electron chi connectivity index (χ4n) is 3.42. The maximum atomic E-state index is 12.2. The Morgan fingerprint density at radius 1 is 1.14 bits per heavy atom. The van der Waals surface area contributed by atoms with Crippen molar-refractivity contribution in [3.05, 3.63) is 24.3 Å². The zero-order valence-corrected chi connectivity index (χ0v) is 15.7. The van der Waals surface area contributed by atoms with E-state index in [-0.39, 0.29) is 23.8 Å². The SMILES string of the molecule is CC(C)(C)OC(=O)N1C[C@H]2C[C@@H]1C2NC(=O)Nc1ccc(OC(F)(F)F)cc1. The number of rotatable bonds is 3. The van der Waals surface area contributed by atoms with Crippen LogP contribution in [0.3, 0.4) is 0 Å². The second-order valence-corrected chi connectivity index (χ2v) is 7.89. The highest BCUT2D eigenvalue weighted by atomic mass is 19.4. The van der Waals surface area contributed by atoms with E-state index in [0.717, 1.165) is 18.6 Å². The number of urea groups is 1. The molecular formula is C18H22F3N3O4.